The Balaban J connectivity index is 2.32. The highest BCUT2D eigenvalue weighted by atomic mass is 79.9. The molecule has 0 spiro atoms. The predicted molar refractivity (Wildman–Crippen MR) is 72.9 cm³/mol. The average molecular weight is 329 g/mol. The zero-order valence-electron chi connectivity index (χ0n) is 9.54. The minimum atomic E-state index is -0.930. The maximum Gasteiger partial charge on any atom is 0.347 e. The van der Waals surface area contributed by atoms with Gasteiger partial charge in [0.1, 0.15) is 10.7 Å². The molecule has 0 aliphatic carbocycles. The summed E-state index contributed by atoms with van der Waals surface area (Å²) in [6.45, 7) is 1.88. The van der Waals surface area contributed by atoms with Crippen molar-refractivity contribution in [1.29, 1.82) is 0 Å². The quantitative estimate of drug-likeness (QED) is 0.914. The Morgan fingerprint density at radius 3 is 2.50 bits per heavy atom. The molecule has 1 aromatic heterocycles. The topological polar surface area (TPSA) is 37.3 Å². The van der Waals surface area contributed by atoms with E-state index in [4.69, 9.17) is 5.11 Å². The van der Waals surface area contributed by atoms with E-state index in [1.807, 2.05) is 6.92 Å². The third-order valence-electron chi connectivity index (χ3n) is 2.64. The number of carboxylic acids is 1. The summed E-state index contributed by atoms with van der Waals surface area (Å²) in [7, 11) is 0. The van der Waals surface area contributed by atoms with Crippen LogP contribution in [0.15, 0.2) is 28.7 Å². The molecular formula is C13H10BrFO2S. The molecular weight excluding hydrogens is 319 g/mol. The van der Waals surface area contributed by atoms with Crippen LogP contribution in [0.1, 0.15) is 25.7 Å². The van der Waals surface area contributed by atoms with Gasteiger partial charge in [-0.1, -0.05) is 12.1 Å². The highest BCUT2D eigenvalue weighted by molar-refractivity contribution is 9.10. The van der Waals surface area contributed by atoms with Gasteiger partial charge in [-0.15, -0.1) is 11.3 Å². The number of hydrogen-bond acceptors (Lipinski definition) is 2. The second-order valence-electron chi connectivity index (χ2n) is 3.90. The second-order valence-corrected chi connectivity index (χ2v) is 5.80. The van der Waals surface area contributed by atoms with Gasteiger partial charge in [0, 0.05) is 15.8 Å². The van der Waals surface area contributed by atoms with Crippen molar-refractivity contribution in [3.8, 4) is 0 Å². The number of halogens is 2. The smallest absolute Gasteiger partial charge is 0.347 e. The number of carboxylic acid groups (broad SMARTS) is 1. The van der Waals surface area contributed by atoms with E-state index in [-0.39, 0.29) is 5.82 Å². The molecule has 5 heteroatoms. The van der Waals surface area contributed by atoms with Gasteiger partial charge < -0.3 is 5.11 Å². The molecule has 0 aliphatic rings. The lowest BCUT2D eigenvalue weighted by molar-refractivity contribution is 0.0701. The van der Waals surface area contributed by atoms with Crippen LogP contribution in [-0.2, 0) is 6.42 Å². The maximum atomic E-state index is 12.8. The molecule has 0 aliphatic heterocycles. The zero-order valence-corrected chi connectivity index (χ0v) is 11.9. The molecule has 0 unspecified atom stereocenters. The molecule has 0 saturated heterocycles. The van der Waals surface area contributed by atoms with E-state index in [2.05, 4.69) is 15.9 Å². The van der Waals surface area contributed by atoms with Crippen molar-refractivity contribution in [1.82, 2.24) is 0 Å². The fraction of sp³-hybridized carbons (Fsp3) is 0.154. The zero-order chi connectivity index (χ0) is 13.3. The van der Waals surface area contributed by atoms with Crippen LogP contribution in [-0.4, -0.2) is 11.1 Å². The van der Waals surface area contributed by atoms with Crippen molar-refractivity contribution in [3.63, 3.8) is 0 Å². The van der Waals surface area contributed by atoms with Crippen molar-refractivity contribution in [2.45, 2.75) is 13.3 Å². The first-order valence-electron chi connectivity index (χ1n) is 5.24. The third kappa shape index (κ3) is 2.62. The van der Waals surface area contributed by atoms with Crippen LogP contribution >= 0.6 is 27.3 Å². The lowest BCUT2D eigenvalue weighted by Crippen LogP contribution is -1.92. The number of hydrogen-bond donors (Lipinski definition) is 1. The number of carbonyl (C=O) groups is 1. The monoisotopic (exact) mass is 328 g/mol. The summed E-state index contributed by atoms with van der Waals surface area (Å²) in [6, 6.07) is 6.24. The van der Waals surface area contributed by atoms with Crippen molar-refractivity contribution in [3.05, 3.63) is 55.4 Å². The first-order chi connectivity index (χ1) is 8.49. The fourth-order valence-corrected chi connectivity index (χ4v) is 3.48. The van der Waals surface area contributed by atoms with Gasteiger partial charge in [-0.2, -0.15) is 0 Å². The van der Waals surface area contributed by atoms with Gasteiger partial charge in [-0.05, 0) is 46.1 Å². The standard InChI is InChI=1S/C13H10BrFO2S/c1-7-10(18-12(11(7)14)13(16)17)6-8-2-4-9(15)5-3-8/h2-5H,6H2,1H3,(H,16,17). The van der Waals surface area contributed by atoms with Crippen LogP contribution in [0.4, 0.5) is 4.39 Å². The molecule has 0 atom stereocenters. The molecule has 18 heavy (non-hydrogen) atoms. The van der Waals surface area contributed by atoms with Crippen molar-refractivity contribution < 1.29 is 14.3 Å². The van der Waals surface area contributed by atoms with Crippen molar-refractivity contribution >= 4 is 33.2 Å². The Hall–Kier alpha value is -1.20. The summed E-state index contributed by atoms with van der Waals surface area (Å²) in [5, 5.41) is 9.04. The Labute approximate surface area is 116 Å². The molecule has 2 rings (SSSR count). The summed E-state index contributed by atoms with van der Waals surface area (Å²) in [4.78, 5) is 12.3. The molecule has 94 valence electrons. The minimum absolute atomic E-state index is 0.269. The summed E-state index contributed by atoms with van der Waals surface area (Å²) >= 11 is 4.55. The number of benzene rings is 1. The van der Waals surface area contributed by atoms with Crippen molar-refractivity contribution in [2.75, 3.05) is 0 Å². The molecule has 0 fully saturated rings. The van der Waals surface area contributed by atoms with Gasteiger partial charge in [-0.25, -0.2) is 9.18 Å². The third-order valence-corrected chi connectivity index (χ3v) is 5.18. The molecule has 0 saturated carbocycles. The van der Waals surface area contributed by atoms with E-state index in [1.54, 1.807) is 12.1 Å². The summed E-state index contributed by atoms with van der Waals surface area (Å²) in [5.41, 5.74) is 1.90. The van der Waals surface area contributed by atoms with E-state index >= 15 is 0 Å². The molecule has 0 radical (unpaired) electrons. The first-order valence-corrected chi connectivity index (χ1v) is 6.85. The molecule has 0 bridgehead atoms. The normalized spacial score (nSPS) is 10.6. The lowest BCUT2D eigenvalue weighted by Gasteiger charge is -2.00. The van der Waals surface area contributed by atoms with Gasteiger partial charge in [0.15, 0.2) is 0 Å². The van der Waals surface area contributed by atoms with Gasteiger partial charge in [0.25, 0.3) is 0 Å². The predicted octanol–water partition coefficient (Wildman–Crippen LogP) is 4.25. The summed E-state index contributed by atoms with van der Waals surface area (Å²) in [6.07, 6.45) is 0.614. The van der Waals surface area contributed by atoms with E-state index in [0.29, 0.717) is 15.8 Å². The van der Waals surface area contributed by atoms with Crippen LogP contribution in [0, 0.1) is 12.7 Å². The Bertz CT molecular complexity index is 590. The van der Waals surface area contributed by atoms with Crippen LogP contribution in [0.25, 0.3) is 0 Å². The Morgan fingerprint density at radius 1 is 1.39 bits per heavy atom. The largest absolute Gasteiger partial charge is 0.477 e. The highest BCUT2D eigenvalue weighted by Crippen LogP contribution is 2.34. The van der Waals surface area contributed by atoms with Gasteiger partial charge in [0.05, 0.1) is 0 Å². The molecule has 2 nitrogen and oxygen atoms in total. The summed E-state index contributed by atoms with van der Waals surface area (Å²) in [5.74, 6) is -1.20. The fourth-order valence-electron chi connectivity index (χ4n) is 1.63. The SMILES string of the molecule is Cc1c(Cc2ccc(F)cc2)sc(C(=O)O)c1Br. The number of rotatable bonds is 3. The molecule has 1 aromatic carbocycles. The van der Waals surface area contributed by atoms with Crippen LogP contribution in [0.3, 0.4) is 0 Å². The molecule has 1 heterocycles. The number of thiophene rings is 1. The Kier molecular flexibility index (Phi) is 3.82. The molecule has 1 N–H and O–H groups in total. The van der Waals surface area contributed by atoms with Gasteiger partial charge in [0.2, 0.25) is 0 Å². The number of aromatic carboxylic acids is 1. The van der Waals surface area contributed by atoms with E-state index in [1.165, 1.54) is 23.5 Å². The lowest BCUT2D eigenvalue weighted by atomic mass is 10.1. The van der Waals surface area contributed by atoms with Crippen LogP contribution in [0.2, 0.25) is 0 Å². The Morgan fingerprint density at radius 2 is 2.00 bits per heavy atom. The summed E-state index contributed by atoms with van der Waals surface area (Å²) < 4.78 is 13.4. The molecule has 0 amide bonds. The van der Waals surface area contributed by atoms with E-state index < -0.39 is 5.97 Å². The van der Waals surface area contributed by atoms with Gasteiger partial charge >= 0.3 is 5.97 Å². The molecule has 2 aromatic rings. The highest BCUT2D eigenvalue weighted by Gasteiger charge is 2.18. The van der Waals surface area contributed by atoms with E-state index in [9.17, 15) is 9.18 Å². The second kappa shape index (κ2) is 5.20. The minimum Gasteiger partial charge on any atom is -0.477 e. The van der Waals surface area contributed by atoms with Crippen LogP contribution in [0.5, 0.6) is 0 Å². The average Bonchev–Trinajstić information content (AvgIpc) is 2.60. The first kappa shape index (κ1) is 13.2. The van der Waals surface area contributed by atoms with E-state index in [0.717, 1.165) is 16.0 Å². The van der Waals surface area contributed by atoms with Crippen molar-refractivity contribution in [2.24, 2.45) is 0 Å². The maximum absolute atomic E-state index is 12.8. The van der Waals surface area contributed by atoms with Crippen LogP contribution < -0.4 is 0 Å². The van der Waals surface area contributed by atoms with Gasteiger partial charge in [-0.3, -0.25) is 0 Å².